The van der Waals surface area contributed by atoms with Crippen LogP contribution < -0.4 is 0 Å². The van der Waals surface area contributed by atoms with Gasteiger partial charge in [0.1, 0.15) is 21.8 Å². The number of pyridine rings is 1. The van der Waals surface area contributed by atoms with Gasteiger partial charge in [-0.2, -0.15) is 0 Å². The van der Waals surface area contributed by atoms with Gasteiger partial charge in [-0.3, -0.25) is 4.40 Å². The molecule has 2 heterocycles. The van der Waals surface area contributed by atoms with Crippen LogP contribution in [0.15, 0.2) is 53.3 Å². The molecular formula is C13H8BrFN2. The quantitative estimate of drug-likeness (QED) is 0.664. The van der Waals surface area contributed by atoms with Crippen molar-refractivity contribution in [3.8, 4) is 11.3 Å². The summed E-state index contributed by atoms with van der Waals surface area (Å²) in [6.45, 7) is 0. The Kier molecular flexibility index (Phi) is 2.44. The molecule has 17 heavy (non-hydrogen) atoms. The molecule has 0 atom stereocenters. The second-order valence-electron chi connectivity index (χ2n) is 3.69. The first-order valence-corrected chi connectivity index (χ1v) is 5.93. The van der Waals surface area contributed by atoms with Crippen LogP contribution in [0, 0.1) is 5.82 Å². The van der Waals surface area contributed by atoms with Gasteiger partial charge in [0.15, 0.2) is 0 Å². The summed E-state index contributed by atoms with van der Waals surface area (Å²) in [6.07, 6.45) is 1.91. The molecule has 4 heteroatoms. The van der Waals surface area contributed by atoms with E-state index in [4.69, 9.17) is 0 Å². The first-order chi connectivity index (χ1) is 8.25. The highest BCUT2D eigenvalue weighted by molar-refractivity contribution is 9.10. The fourth-order valence-electron chi connectivity index (χ4n) is 1.79. The van der Waals surface area contributed by atoms with E-state index in [0.29, 0.717) is 0 Å². The van der Waals surface area contributed by atoms with Gasteiger partial charge in [0.2, 0.25) is 0 Å². The van der Waals surface area contributed by atoms with Crippen LogP contribution in [0.1, 0.15) is 0 Å². The molecule has 3 aromatic rings. The Morgan fingerprint density at radius 2 is 2.00 bits per heavy atom. The minimum Gasteiger partial charge on any atom is -0.294 e. The predicted octanol–water partition coefficient (Wildman–Crippen LogP) is 3.90. The molecule has 0 fully saturated rings. The first-order valence-electron chi connectivity index (χ1n) is 5.14. The number of rotatable bonds is 1. The van der Waals surface area contributed by atoms with Crippen molar-refractivity contribution in [3.63, 3.8) is 0 Å². The van der Waals surface area contributed by atoms with E-state index in [1.165, 1.54) is 12.1 Å². The van der Waals surface area contributed by atoms with Gasteiger partial charge in [0.05, 0.1) is 0 Å². The number of hydrogen-bond donors (Lipinski definition) is 0. The standard InChI is InChI=1S/C13H8BrFN2/c14-13-12(9-4-3-5-10(15)8-9)16-11-6-1-2-7-17(11)13/h1-8H. The van der Waals surface area contributed by atoms with Crippen molar-refractivity contribution in [1.29, 1.82) is 0 Å². The zero-order valence-corrected chi connectivity index (χ0v) is 10.4. The van der Waals surface area contributed by atoms with Gasteiger partial charge in [0, 0.05) is 11.8 Å². The van der Waals surface area contributed by atoms with Crippen molar-refractivity contribution in [2.75, 3.05) is 0 Å². The average molecular weight is 291 g/mol. The molecule has 0 aliphatic carbocycles. The average Bonchev–Trinajstić information content (AvgIpc) is 2.68. The Balaban J connectivity index is 2.27. The zero-order valence-electron chi connectivity index (χ0n) is 8.77. The topological polar surface area (TPSA) is 17.3 Å². The number of aromatic nitrogens is 2. The van der Waals surface area contributed by atoms with E-state index in [-0.39, 0.29) is 5.82 Å². The molecule has 0 aliphatic heterocycles. The Labute approximate surface area is 106 Å². The van der Waals surface area contributed by atoms with Crippen LogP contribution in [0.25, 0.3) is 16.9 Å². The van der Waals surface area contributed by atoms with Crippen molar-refractivity contribution in [3.05, 3.63) is 59.1 Å². The molecule has 3 rings (SSSR count). The highest BCUT2D eigenvalue weighted by Gasteiger charge is 2.11. The molecule has 84 valence electrons. The maximum absolute atomic E-state index is 13.2. The summed E-state index contributed by atoms with van der Waals surface area (Å²) in [5.41, 5.74) is 2.34. The Bertz CT molecular complexity index is 691. The van der Waals surface area contributed by atoms with Gasteiger partial charge in [-0.1, -0.05) is 18.2 Å². The zero-order chi connectivity index (χ0) is 11.8. The van der Waals surface area contributed by atoms with Crippen LogP contribution in [0.3, 0.4) is 0 Å². The van der Waals surface area contributed by atoms with Crippen LogP contribution in [-0.4, -0.2) is 9.38 Å². The molecule has 0 amide bonds. The van der Waals surface area contributed by atoms with Crippen molar-refractivity contribution in [1.82, 2.24) is 9.38 Å². The smallest absolute Gasteiger partial charge is 0.138 e. The molecule has 0 radical (unpaired) electrons. The van der Waals surface area contributed by atoms with E-state index in [2.05, 4.69) is 20.9 Å². The molecule has 2 nitrogen and oxygen atoms in total. The fraction of sp³-hybridized carbons (Fsp3) is 0. The first kappa shape index (κ1) is 10.5. The van der Waals surface area contributed by atoms with Gasteiger partial charge < -0.3 is 0 Å². The fourth-order valence-corrected chi connectivity index (χ4v) is 2.40. The van der Waals surface area contributed by atoms with Gasteiger partial charge in [-0.15, -0.1) is 0 Å². The van der Waals surface area contributed by atoms with Gasteiger partial charge in [-0.05, 0) is 40.2 Å². The lowest BCUT2D eigenvalue weighted by molar-refractivity contribution is 0.628. The molecular weight excluding hydrogens is 283 g/mol. The van der Waals surface area contributed by atoms with Crippen LogP contribution in [-0.2, 0) is 0 Å². The second-order valence-corrected chi connectivity index (χ2v) is 4.44. The summed E-state index contributed by atoms with van der Waals surface area (Å²) >= 11 is 3.49. The van der Waals surface area contributed by atoms with Crippen molar-refractivity contribution < 1.29 is 4.39 Å². The third-order valence-electron chi connectivity index (χ3n) is 2.57. The van der Waals surface area contributed by atoms with E-state index in [0.717, 1.165) is 21.5 Å². The molecule has 0 N–H and O–H groups in total. The molecule has 0 unspecified atom stereocenters. The number of hydrogen-bond acceptors (Lipinski definition) is 1. The van der Waals surface area contributed by atoms with Crippen molar-refractivity contribution >= 4 is 21.6 Å². The summed E-state index contributed by atoms with van der Waals surface area (Å²) < 4.78 is 15.9. The predicted molar refractivity (Wildman–Crippen MR) is 68.3 cm³/mol. The number of imidazole rings is 1. The monoisotopic (exact) mass is 290 g/mol. The van der Waals surface area contributed by atoms with E-state index in [9.17, 15) is 4.39 Å². The molecule has 0 aliphatic rings. The summed E-state index contributed by atoms with van der Waals surface area (Å²) in [6, 6.07) is 12.2. The Morgan fingerprint density at radius 1 is 1.12 bits per heavy atom. The maximum Gasteiger partial charge on any atom is 0.138 e. The van der Waals surface area contributed by atoms with Gasteiger partial charge in [-0.25, -0.2) is 9.37 Å². The van der Waals surface area contributed by atoms with Gasteiger partial charge in [0.25, 0.3) is 0 Å². The molecule has 0 saturated heterocycles. The van der Waals surface area contributed by atoms with Crippen molar-refractivity contribution in [2.45, 2.75) is 0 Å². The largest absolute Gasteiger partial charge is 0.294 e. The lowest BCUT2D eigenvalue weighted by Crippen LogP contribution is -1.82. The highest BCUT2D eigenvalue weighted by Crippen LogP contribution is 2.28. The lowest BCUT2D eigenvalue weighted by Gasteiger charge is -1.98. The normalized spacial score (nSPS) is 10.9. The number of benzene rings is 1. The maximum atomic E-state index is 13.2. The highest BCUT2D eigenvalue weighted by atomic mass is 79.9. The Hall–Kier alpha value is -1.68. The molecule has 0 spiro atoms. The second kappa shape index (κ2) is 3.96. The number of nitrogens with zero attached hydrogens (tertiary/aromatic N) is 2. The minimum absolute atomic E-state index is 0.258. The molecule has 0 saturated carbocycles. The molecule has 0 bridgehead atoms. The van der Waals surface area contributed by atoms with E-state index in [1.54, 1.807) is 6.07 Å². The summed E-state index contributed by atoms with van der Waals surface area (Å²) in [4.78, 5) is 4.47. The van der Waals surface area contributed by atoms with E-state index in [1.807, 2.05) is 34.9 Å². The van der Waals surface area contributed by atoms with E-state index >= 15 is 0 Å². The van der Waals surface area contributed by atoms with E-state index < -0.39 is 0 Å². The SMILES string of the molecule is Fc1cccc(-c2nc3ccccn3c2Br)c1. The molecule has 1 aromatic carbocycles. The number of halogens is 2. The third-order valence-corrected chi connectivity index (χ3v) is 3.33. The third kappa shape index (κ3) is 1.74. The minimum atomic E-state index is -0.258. The Morgan fingerprint density at radius 3 is 2.76 bits per heavy atom. The van der Waals surface area contributed by atoms with Crippen LogP contribution in [0.2, 0.25) is 0 Å². The molecule has 2 aromatic heterocycles. The summed E-state index contributed by atoms with van der Waals surface area (Å²) in [7, 11) is 0. The summed E-state index contributed by atoms with van der Waals surface area (Å²) in [5.74, 6) is -0.258. The lowest BCUT2D eigenvalue weighted by atomic mass is 10.2. The van der Waals surface area contributed by atoms with Crippen LogP contribution in [0.5, 0.6) is 0 Å². The van der Waals surface area contributed by atoms with Crippen molar-refractivity contribution in [2.24, 2.45) is 0 Å². The summed E-state index contributed by atoms with van der Waals surface area (Å²) in [5, 5.41) is 0. The number of fused-ring (bicyclic) bond motifs is 1. The van der Waals surface area contributed by atoms with Crippen LogP contribution in [0.4, 0.5) is 4.39 Å². The van der Waals surface area contributed by atoms with Crippen LogP contribution >= 0.6 is 15.9 Å². The van der Waals surface area contributed by atoms with Gasteiger partial charge >= 0.3 is 0 Å².